The van der Waals surface area contributed by atoms with Gasteiger partial charge < -0.3 is 19.2 Å². The first-order valence-electron chi connectivity index (χ1n) is 9.05. The Morgan fingerprint density at radius 2 is 2.00 bits per heavy atom. The van der Waals surface area contributed by atoms with E-state index in [0.29, 0.717) is 28.0 Å². The van der Waals surface area contributed by atoms with Crippen molar-refractivity contribution in [3.05, 3.63) is 52.7 Å². The molecule has 0 aliphatic rings. The molecule has 0 radical (unpaired) electrons. The first-order chi connectivity index (χ1) is 13.4. The summed E-state index contributed by atoms with van der Waals surface area (Å²) in [6, 6.07) is 9.07. The molecule has 1 unspecified atom stereocenters. The van der Waals surface area contributed by atoms with E-state index in [1.165, 1.54) is 11.3 Å². The van der Waals surface area contributed by atoms with Crippen molar-refractivity contribution in [2.24, 2.45) is 0 Å². The number of ether oxygens (including phenoxy) is 2. The van der Waals surface area contributed by atoms with Crippen molar-refractivity contribution >= 4 is 17.2 Å². The molecule has 1 amide bonds. The van der Waals surface area contributed by atoms with E-state index in [0.717, 1.165) is 10.4 Å². The molecule has 1 N–H and O–H groups in total. The fourth-order valence-electron chi connectivity index (χ4n) is 2.77. The number of nitrogens with one attached hydrogen (secondary N) is 1. The number of rotatable bonds is 7. The maximum Gasteiger partial charge on any atom is 0.271 e. The summed E-state index contributed by atoms with van der Waals surface area (Å²) in [5.74, 6) is 1.75. The first kappa shape index (κ1) is 19.9. The van der Waals surface area contributed by atoms with Crippen LogP contribution in [-0.2, 0) is 0 Å². The monoisotopic (exact) mass is 400 g/mol. The van der Waals surface area contributed by atoms with Gasteiger partial charge in [0.1, 0.15) is 5.69 Å². The SMILES string of the molecule is COc1cc(C(C)NC(=O)c2nc(-c3ccco3)sc2C)ccc1OC(C)C. The molecule has 148 valence electrons. The van der Waals surface area contributed by atoms with Gasteiger partial charge in [0.15, 0.2) is 22.3 Å². The summed E-state index contributed by atoms with van der Waals surface area (Å²) in [5, 5.41) is 3.69. The van der Waals surface area contributed by atoms with Gasteiger partial charge in [-0.15, -0.1) is 11.3 Å². The first-order valence-corrected chi connectivity index (χ1v) is 9.87. The Hall–Kier alpha value is -2.80. The Bertz CT molecular complexity index is 947. The summed E-state index contributed by atoms with van der Waals surface area (Å²) in [6.45, 7) is 7.72. The number of hydrogen-bond donors (Lipinski definition) is 1. The third-order valence-corrected chi connectivity index (χ3v) is 5.13. The number of aromatic nitrogens is 1. The number of thiazole rings is 1. The van der Waals surface area contributed by atoms with Crippen molar-refractivity contribution in [2.45, 2.75) is 39.8 Å². The summed E-state index contributed by atoms with van der Waals surface area (Å²) >= 11 is 1.43. The highest BCUT2D eigenvalue weighted by Gasteiger charge is 2.20. The topological polar surface area (TPSA) is 73.6 Å². The summed E-state index contributed by atoms with van der Waals surface area (Å²) < 4.78 is 16.5. The van der Waals surface area contributed by atoms with E-state index in [9.17, 15) is 4.79 Å². The van der Waals surface area contributed by atoms with Crippen LogP contribution >= 0.6 is 11.3 Å². The van der Waals surface area contributed by atoms with Crippen LogP contribution in [0.3, 0.4) is 0 Å². The van der Waals surface area contributed by atoms with Crippen LogP contribution in [0.1, 0.15) is 47.7 Å². The number of carbonyl (C=O) groups excluding carboxylic acids is 1. The average Bonchev–Trinajstić information content (AvgIpc) is 3.31. The Labute approximate surface area is 168 Å². The maximum absolute atomic E-state index is 12.7. The van der Waals surface area contributed by atoms with Crippen molar-refractivity contribution < 1.29 is 18.7 Å². The minimum Gasteiger partial charge on any atom is -0.493 e. The Morgan fingerprint density at radius 3 is 2.64 bits per heavy atom. The second-order valence-electron chi connectivity index (χ2n) is 6.67. The second-order valence-corrected chi connectivity index (χ2v) is 7.88. The summed E-state index contributed by atoms with van der Waals surface area (Å²) in [4.78, 5) is 18.0. The van der Waals surface area contributed by atoms with E-state index in [4.69, 9.17) is 13.9 Å². The molecule has 3 rings (SSSR count). The van der Waals surface area contributed by atoms with E-state index >= 15 is 0 Å². The highest BCUT2D eigenvalue weighted by molar-refractivity contribution is 7.15. The standard InChI is InChI=1S/C21H24N2O4S/c1-12(2)27-16-9-8-15(11-18(16)25-5)13(3)22-20(24)19-14(4)28-21(23-19)17-7-6-10-26-17/h6-13H,1-5H3,(H,22,24). The van der Waals surface area contributed by atoms with E-state index in [2.05, 4.69) is 10.3 Å². The number of benzene rings is 1. The van der Waals surface area contributed by atoms with Crippen molar-refractivity contribution in [1.29, 1.82) is 0 Å². The number of carbonyl (C=O) groups is 1. The highest BCUT2D eigenvalue weighted by Crippen LogP contribution is 2.32. The predicted molar refractivity (Wildman–Crippen MR) is 109 cm³/mol. The van der Waals surface area contributed by atoms with Gasteiger partial charge in [0, 0.05) is 4.88 Å². The van der Waals surface area contributed by atoms with Gasteiger partial charge >= 0.3 is 0 Å². The van der Waals surface area contributed by atoms with Gasteiger partial charge in [-0.05, 0) is 57.5 Å². The van der Waals surface area contributed by atoms with Crippen LogP contribution in [0.2, 0.25) is 0 Å². The summed E-state index contributed by atoms with van der Waals surface area (Å²) in [6.07, 6.45) is 1.64. The summed E-state index contributed by atoms with van der Waals surface area (Å²) in [5.41, 5.74) is 1.33. The number of methoxy groups -OCH3 is 1. The van der Waals surface area contributed by atoms with Gasteiger partial charge in [-0.3, -0.25) is 4.79 Å². The molecule has 0 aliphatic heterocycles. The molecule has 0 saturated carbocycles. The molecular formula is C21H24N2O4S. The Morgan fingerprint density at radius 1 is 1.21 bits per heavy atom. The molecule has 0 saturated heterocycles. The molecule has 1 aromatic carbocycles. The molecule has 2 aromatic heterocycles. The van der Waals surface area contributed by atoms with Crippen LogP contribution in [0.5, 0.6) is 11.5 Å². The molecule has 1 atom stereocenters. The molecular weight excluding hydrogens is 376 g/mol. The van der Waals surface area contributed by atoms with Crippen LogP contribution in [0.15, 0.2) is 41.0 Å². The lowest BCUT2D eigenvalue weighted by Crippen LogP contribution is -2.27. The lowest BCUT2D eigenvalue weighted by molar-refractivity contribution is 0.0935. The van der Waals surface area contributed by atoms with E-state index in [1.54, 1.807) is 19.4 Å². The molecule has 0 spiro atoms. The molecule has 0 aliphatic carbocycles. The van der Waals surface area contributed by atoms with E-state index < -0.39 is 0 Å². The third kappa shape index (κ3) is 4.36. The molecule has 0 fully saturated rings. The van der Waals surface area contributed by atoms with Gasteiger partial charge in [-0.25, -0.2) is 4.98 Å². The van der Waals surface area contributed by atoms with Crippen molar-refractivity contribution in [2.75, 3.05) is 7.11 Å². The Kier molecular flexibility index (Phi) is 6.04. The fourth-order valence-corrected chi connectivity index (χ4v) is 3.64. The number of furan rings is 1. The van der Waals surface area contributed by atoms with Gasteiger partial charge in [-0.1, -0.05) is 6.07 Å². The zero-order valence-electron chi connectivity index (χ0n) is 16.6. The molecule has 6 nitrogen and oxygen atoms in total. The van der Waals surface area contributed by atoms with Crippen molar-refractivity contribution in [3.8, 4) is 22.3 Å². The molecule has 7 heteroatoms. The Balaban J connectivity index is 1.76. The van der Waals surface area contributed by atoms with E-state index in [-0.39, 0.29) is 18.1 Å². The zero-order chi connectivity index (χ0) is 20.3. The largest absolute Gasteiger partial charge is 0.493 e. The van der Waals surface area contributed by atoms with Crippen molar-refractivity contribution in [3.63, 3.8) is 0 Å². The highest BCUT2D eigenvalue weighted by atomic mass is 32.1. The lowest BCUT2D eigenvalue weighted by Gasteiger charge is -2.18. The van der Waals surface area contributed by atoms with Gasteiger partial charge in [-0.2, -0.15) is 0 Å². The van der Waals surface area contributed by atoms with Crippen LogP contribution in [0.4, 0.5) is 0 Å². The maximum atomic E-state index is 12.7. The third-order valence-electron chi connectivity index (χ3n) is 4.14. The molecule has 3 aromatic rings. The van der Waals surface area contributed by atoms with Crippen LogP contribution in [0.25, 0.3) is 10.8 Å². The van der Waals surface area contributed by atoms with Gasteiger partial charge in [0.05, 0.1) is 25.5 Å². The normalized spacial score (nSPS) is 12.1. The number of aryl methyl sites for hydroxylation is 1. The second kappa shape index (κ2) is 8.48. The minimum absolute atomic E-state index is 0.0490. The van der Waals surface area contributed by atoms with Gasteiger partial charge in [0.2, 0.25) is 0 Å². The fraction of sp³-hybridized carbons (Fsp3) is 0.333. The minimum atomic E-state index is -0.222. The number of hydrogen-bond acceptors (Lipinski definition) is 6. The predicted octanol–water partition coefficient (Wildman–Crippen LogP) is 5.00. The van der Waals surface area contributed by atoms with Gasteiger partial charge in [0.25, 0.3) is 5.91 Å². The van der Waals surface area contributed by atoms with E-state index in [1.807, 2.05) is 52.0 Å². The molecule has 28 heavy (non-hydrogen) atoms. The summed E-state index contributed by atoms with van der Waals surface area (Å²) in [7, 11) is 1.60. The lowest BCUT2D eigenvalue weighted by atomic mass is 10.1. The molecule has 2 heterocycles. The average molecular weight is 401 g/mol. The van der Waals surface area contributed by atoms with Crippen LogP contribution in [0, 0.1) is 6.92 Å². The van der Waals surface area contributed by atoms with Crippen LogP contribution in [-0.4, -0.2) is 24.1 Å². The quantitative estimate of drug-likeness (QED) is 0.604. The van der Waals surface area contributed by atoms with Crippen LogP contribution < -0.4 is 14.8 Å². The smallest absolute Gasteiger partial charge is 0.271 e. The zero-order valence-corrected chi connectivity index (χ0v) is 17.4. The number of nitrogens with zero attached hydrogens (tertiary/aromatic N) is 1. The number of amides is 1. The van der Waals surface area contributed by atoms with Crippen molar-refractivity contribution in [1.82, 2.24) is 10.3 Å². The molecule has 0 bridgehead atoms.